The fourth-order valence-electron chi connectivity index (χ4n) is 12.3. The maximum absolute atomic E-state index is 9.89. The Hall–Kier alpha value is -8.12. The van der Waals surface area contributed by atoms with E-state index in [0.717, 1.165) is 99.9 Å². The molecule has 0 unspecified atom stereocenters. The van der Waals surface area contributed by atoms with Crippen LogP contribution in [0.3, 0.4) is 0 Å². The largest absolute Gasteiger partial charge is 0.311 e. The lowest BCUT2D eigenvalue weighted by molar-refractivity contribution is 0.590. The van der Waals surface area contributed by atoms with E-state index in [1.165, 1.54) is 33.6 Å². The average Bonchev–Trinajstić information content (AvgIpc) is 1.74. The molecular weight excluding hydrogens is 998 g/mol. The Morgan fingerprint density at radius 2 is 0.926 bits per heavy atom. The molecule has 1 aromatic heterocycles. The van der Waals surface area contributed by atoms with Crippen LogP contribution in [0.15, 0.2) is 218 Å². The van der Waals surface area contributed by atoms with E-state index < -0.39 is 6.71 Å². The first-order valence-corrected chi connectivity index (χ1v) is 29.4. The first-order chi connectivity index (χ1) is 40.4. The van der Waals surface area contributed by atoms with E-state index in [-0.39, 0.29) is 45.8 Å². The molecule has 0 saturated carbocycles. The quantitative estimate of drug-likeness (QED) is 0.147. The number of anilines is 9. The number of hydrogen-bond acceptors (Lipinski definition) is 4. The average molecular weight is 1070 g/mol. The molecule has 13 rings (SSSR count). The van der Waals surface area contributed by atoms with Gasteiger partial charge < -0.3 is 14.7 Å². The summed E-state index contributed by atoms with van der Waals surface area (Å²) in [5.41, 5.74) is 19.8. The number of thiophene rings is 1. The third-order valence-electron chi connectivity index (χ3n) is 16.8. The van der Waals surface area contributed by atoms with E-state index in [1.54, 1.807) is 0 Å². The van der Waals surface area contributed by atoms with Crippen LogP contribution < -0.4 is 30.4 Å². The molecule has 0 saturated heterocycles. The minimum absolute atomic E-state index is 0.0262. The lowest BCUT2D eigenvalue weighted by Crippen LogP contribution is -2.60. The molecule has 0 fully saturated rings. The molecule has 0 N–H and O–H groups in total. The van der Waals surface area contributed by atoms with Crippen LogP contribution in [-0.2, 0) is 21.7 Å². The molecular formula is C76H72BN3S. The Balaban J connectivity index is 1.21. The smallest absolute Gasteiger partial charge is 0.264 e. The summed E-state index contributed by atoms with van der Waals surface area (Å²) in [6, 6.07) is 71.3. The molecule has 3 heterocycles. The zero-order valence-corrected chi connectivity index (χ0v) is 49.6. The molecule has 0 radical (unpaired) electrons. The van der Waals surface area contributed by atoms with Crippen LogP contribution in [0.4, 0.5) is 51.2 Å². The minimum Gasteiger partial charge on any atom is -0.311 e. The lowest BCUT2D eigenvalue weighted by atomic mass is 9.36. The summed E-state index contributed by atoms with van der Waals surface area (Å²) < 4.78 is 39.5. The zero-order valence-electron chi connectivity index (χ0n) is 52.8. The maximum atomic E-state index is 9.89. The van der Waals surface area contributed by atoms with E-state index in [1.807, 2.05) is 0 Å². The molecule has 0 aliphatic carbocycles. The number of hydrogen-bond donors (Lipinski definition) is 0. The minimum atomic E-state index is -0.409. The van der Waals surface area contributed by atoms with Gasteiger partial charge in [0, 0.05) is 60.2 Å². The highest BCUT2D eigenvalue weighted by Crippen LogP contribution is 2.52. The molecule has 81 heavy (non-hydrogen) atoms. The molecule has 3 nitrogen and oxygen atoms in total. The predicted molar refractivity (Wildman–Crippen MR) is 354 cm³/mol. The number of nitrogens with zero attached hydrogens (tertiary/aromatic N) is 3. The van der Waals surface area contributed by atoms with Gasteiger partial charge in [-0.1, -0.05) is 229 Å². The first kappa shape index (κ1) is 47.7. The van der Waals surface area contributed by atoms with Gasteiger partial charge in [-0.2, -0.15) is 0 Å². The van der Waals surface area contributed by atoms with E-state index in [4.69, 9.17) is 1.37 Å². The molecule has 11 aromatic rings. The van der Waals surface area contributed by atoms with Gasteiger partial charge in [0.25, 0.3) is 6.71 Å². The van der Waals surface area contributed by atoms with Crippen LogP contribution in [0.25, 0.3) is 43.1 Å². The normalized spacial score (nSPS) is 14.0. The highest BCUT2D eigenvalue weighted by molar-refractivity contribution is 7.33. The van der Waals surface area contributed by atoms with E-state index in [2.05, 4.69) is 292 Å². The summed E-state index contributed by atoms with van der Waals surface area (Å²) in [4.78, 5) is 7.27. The van der Waals surface area contributed by atoms with Gasteiger partial charge in [0.2, 0.25) is 0 Å². The van der Waals surface area contributed by atoms with Crippen LogP contribution >= 0.6 is 11.3 Å². The maximum Gasteiger partial charge on any atom is 0.264 e. The van der Waals surface area contributed by atoms with Gasteiger partial charge >= 0.3 is 0 Å². The molecule has 0 spiro atoms. The Labute approximate surface area is 490 Å². The summed E-state index contributed by atoms with van der Waals surface area (Å²) in [5, 5.41) is 2.81. The van der Waals surface area contributed by atoms with Gasteiger partial charge in [0.05, 0.1) is 16.9 Å². The van der Waals surface area contributed by atoms with Gasteiger partial charge in [-0.25, -0.2) is 0 Å². The second-order valence-corrected chi connectivity index (χ2v) is 27.4. The number of fused-ring (bicyclic) bond motifs is 7. The van der Waals surface area contributed by atoms with Crippen molar-refractivity contribution < 1.29 is 5.48 Å². The summed E-state index contributed by atoms with van der Waals surface area (Å²) >= 11 is 1.51. The second-order valence-electron chi connectivity index (χ2n) is 26.4. The van der Waals surface area contributed by atoms with Crippen molar-refractivity contribution in [1.82, 2.24) is 0 Å². The fourth-order valence-corrected chi connectivity index (χ4v) is 13.5. The molecule has 2 aliphatic rings. The summed E-state index contributed by atoms with van der Waals surface area (Å²) in [6.45, 7) is 26.7. The highest BCUT2D eigenvalue weighted by atomic mass is 32.1. The van der Waals surface area contributed by atoms with E-state index in [0.29, 0.717) is 10.1 Å². The van der Waals surface area contributed by atoms with Crippen molar-refractivity contribution in [3.05, 3.63) is 241 Å². The van der Waals surface area contributed by atoms with Crippen LogP contribution in [0, 0.1) is 0 Å². The van der Waals surface area contributed by atoms with Crippen molar-refractivity contribution in [1.29, 1.82) is 0 Å². The third-order valence-corrected chi connectivity index (χ3v) is 18.0. The molecule has 0 atom stereocenters. The topological polar surface area (TPSA) is 9.72 Å². The fraction of sp³-hybridized carbons (Fsp3) is 0.211. The monoisotopic (exact) mass is 1070 g/mol. The summed E-state index contributed by atoms with van der Waals surface area (Å²) in [7, 11) is 0. The molecule has 400 valence electrons. The molecule has 0 amide bonds. The van der Waals surface area contributed by atoms with Crippen molar-refractivity contribution in [3.63, 3.8) is 0 Å². The molecule has 5 heteroatoms. The number of rotatable bonds is 7. The van der Waals surface area contributed by atoms with Crippen molar-refractivity contribution in [2.75, 3.05) is 14.7 Å². The van der Waals surface area contributed by atoms with E-state index >= 15 is 0 Å². The summed E-state index contributed by atoms with van der Waals surface area (Å²) in [6.07, 6.45) is 0. The van der Waals surface area contributed by atoms with Crippen molar-refractivity contribution in [3.8, 4) is 22.3 Å². The SMILES string of the molecule is [2H]c1c([2H])c([2H])c2c3c(sc2c1[2H])B1c2cc(-c4ccccc4)c(N(c4ccc(C(C)(C)C)cc4)c4ccc(C(C)(C)C)cc4)cc2N(c2ccc(C(C)(C)C)cc2)c2cc(-c4cccc5ccccc45)cc(c21)N3c1ccc(C(C)(C)C)cc1. The van der Waals surface area contributed by atoms with E-state index in [9.17, 15) is 4.11 Å². The summed E-state index contributed by atoms with van der Waals surface area (Å²) in [5.74, 6) is 0. The second kappa shape index (κ2) is 19.3. The Bertz CT molecular complexity index is 4370. The predicted octanol–water partition coefficient (Wildman–Crippen LogP) is 20.1. The van der Waals surface area contributed by atoms with Crippen molar-refractivity contribution >= 4 is 106 Å². The zero-order chi connectivity index (χ0) is 59.8. The van der Waals surface area contributed by atoms with Crippen LogP contribution in [0.1, 0.15) is 111 Å². The van der Waals surface area contributed by atoms with Gasteiger partial charge in [0.1, 0.15) is 0 Å². The van der Waals surface area contributed by atoms with Gasteiger partial charge in [-0.15, -0.1) is 11.3 Å². The Kier molecular flexibility index (Phi) is 11.3. The van der Waals surface area contributed by atoms with Crippen LogP contribution in [0.5, 0.6) is 0 Å². The number of benzene rings is 10. The van der Waals surface area contributed by atoms with Crippen LogP contribution in [0.2, 0.25) is 0 Å². The van der Waals surface area contributed by atoms with Crippen LogP contribution in [-0.4, -0.2) is 6.71 Å². The third kappa shape index (κ3) is 9.15. The first-order valence-electron chi connectivity index (χ1n) is 30.6. The Morgan fingerprint density at radius 3 is 1.49 bits per heavy atom. The lowest BCUT2D eigenvalue weighted by Gasteiger charge is -2.44. The van der Waals surface area contributed by atoms with Crippen molar-refractivity contribution in [2.24, 2.45) is 0 Å². The molecule has 0 bridgehead atoms. The van der Waals surface area contributed by atoms with Gasteiger partial charge in [-0.3, -0.25) is 0 Å². The van der Waals surface area contributed by atoms with Crippen molar-refractivity contribution in [2.45, 2.75) is 105 Å². The Morgan fingerprint density at radius 1 is 0.432 bits per heavy atom. The highest BCUT2D eigenvalue weighted by Gasteiger charge is 2.46. The molecule has 2 aliphatic heterocycles. The molecule has 10 aromatic carbocycles. The van der Waals surface area contributed by atoms with Gasteiger partial charge in [-0.05, 0) is 155 Å². The standard InChI is InChI=1S/C76H72BN3S/c1-73(2,3)52-29-37-56(38-30-52)78(57-39-31-53(32-40-57)74(4,5)6)65-48-66-64(47-63(65)50-21-14-13-15-22-50)77-70-67(79(66)58-41-33-54(34-42-58)75(7,8)9)45-51(61-27-20-24-49-23-16-17-25-60(49)61)46-68(70)80(59-43-35-55(36-44-59)76(10,11)12)71-62-26-18-19-28-69(62)81-72(71)77/h13-48H,1-12H3/i18D,19D,26D,28D. The van der Waals surface area contributed by atoms with Gasteiger partial charge in [0.15, 0.2) is 0 Å².